The van der Waals surface area contributed by atoms with Crippen LogP contribution in [0.1, 0.15) is 28.9 Å². The molecule has 0 saturated carbocycles. The molecule has 2 aromatic heterocycles. The van der Waals surface area contributed by atoms with Gasteiger partial charge in [0.25, 0.3) is 0 Å². The molecule has 3 aromatic rings. The van der Waals surface area contributed by atoms with Gasteiger partial charge in [-0.25, -0.2) is 9.97 Å². The highest BCUT2D eigenvalue weighted by Gasteiger charge is 2.21. The van der Waals surface area contributed by atoms with Crippen LogP contribution < -0.4 is 20.9 Å². The van der Waals surface area contributed by atoms with Crippen molar-refractivity contribution in [1.29, 1.82) is 0 Å². The van der Waals surface area contributed by atoms with Gasteiger partial charge in [0.15, 0.2) is 11.6 Å². The number of nitrogens with one attached hydrogen (secondary N) is 1. The average molecular weight is 488 g/mol. The molecule has 36 heavy (non-hydrogen) atoms. The van der Waals surface area contributed by atoms with Crippen molar-refractivity contribution in [2.45, 2.75) is 25.3 Å². The molecular formula is C27H33N7O2. The van der Waals surface area contributed by atoms with E-state index in [0.29, 0.717) is 24.9 Å². The molecule has 2 saturated heterocycles. The number of hydrogen-bond acceptors (Lipinski definition) is 9. The summed E-state index contributed by atoms with van der Waals surface area (Å²) in [5.74, 6) is -0.0315. The number of benzene rings is 1. The van der Waals surface area contributed by atoms with Crippen LogP contribution in [0.25, 0.3) is 11.3 Å². The molecule has 2 aliphatic rings. The van der Waals surface area contributed by atoms with Crippen LogP contribution in [-0.2, 0) is 11.2 Å². The lowest BCUT2D eigenvalue weighted by molar-refractivity contribution is 0.0988. The molecule has 0 amide bonds. The first-order valence-corrected chi connectivity index (χ1v) is 12.6. The van der Waals surface area contributed by atoms with Gasteiger partial charge in [0.1, 0.15) is 5.69 Å². The van der Waals surface area contributed by atoms with E-state index in [2.05, 4.69) is 42.2 Å². The van der Waals surface area contributed by atoms with E-state index < -0.39 is 0 Å². The molecule has 1 atom stereocenters. The Labute approximate surface area is 211 Å². The van der Waals surface area contributed by atoms with Crippen molar-refractivity contribution in [1.82, 2.24) is 20.3 Å². The molecule has 0 unspecified atom stereocenters. The molecule has 0 aliphatic carbocycles. The first-order valence-electron chi connectivity index (χ1n) is 12.6. The zero-order valence-electron chi connectivity index (χ0n) is 20.7. The molecule has 9 heteroatoms. The third-order valence-corrected chi connectivity index (χ3v) is 7.00. The van der Waals surface area contributed by atoms with Crippen LogP contribution in [-0.4, -0.2) is 73.2 Å². The highest BCUT2D eigenvalue weighted by Crippen LogP contribution is 2.26. The van der Waals surface area contributed by atoms with Gasteiger partial charge < -0.3 is 25.6 Å². The number of piperidine rings is 1. The van der Waals surface area contributed by atoms with E-state index in [1.54, 1.807) is 18.6 Å². The van der Waals surface area contributed by atoms with Crippen molar-refractivity contribution < 1.29 is 9.53 Å². The molecule has 3 N–H and O–H groups in total. The van der Waals surface area contributed by atoms with Gasteiger partial charge in [-0.1, -0.05) is 12.1 Å². The van der Waals surface area contributed by atoms with Gasteiger partial charge in [0.2, 0.25) is 0 Å². The number of morpholine rings is 1. The molecule has 2 aliphatic heterocycles. The fraction of sp³-hybridized carbons (Fsp3) is 0.407. The molecule has 0 bridgehead atoms. The van der Waals surface area contributed by atoms with E-state index in [1.807, 2.05) is 25.2 Å². The summed E-state index contributed by atoms with van der Waals surface area (Å²) in [4.78, 5) is 31.1. The van der Waals surface area contributed by atoms with Gasteiger partial charge >= 0.3 is 0 Å². The fourth-order valence-corrected chi connectivity index (χ4v) is 4.96. The Bertz CT molecular complexity index is 1190. The summed E-state index contributed by atoms with van der Waals surface area (Å²) < 4.78 is 5.47. The topological polar surface area (TPSA) is 110 Å². The minimum atomic E-state index is -0.174. The SMILES string of the molecule is CN[C@H]1CCCN(c2ccc(-c3cnc(N)c(C(=O)Cc4cnccc4N4CCOCC4)n3)cc2)C1. The van der Waals surface area contributed by atoms with Crippen molar-refractivity contribution in [3.63, 3.8) is 0 Å². The lowest BCUT2D eigenvalue weighted by Gasteiger charge is -2.34. The Hall–Kier alpha value is -3.56. The van der Waals surface area contributed by atoms with Gasteiger partial charge in [0, 0.05) is 73.5 Å². The Morgan fingerprint density at radius 2 is 1.92 bits per heavy atom. The minimum absolute atomic E-state index is 0.142. The first kappa shape index (κ1) is 24.1. The zero-order chi connectivity index (χ0) is 24.9. The number of carbonyl (C=O) groups excluding carboxylic acids is 1. The van der Waals surface area contributed by atoms with Gasteiger partial charge in [-0.15, -0.1) is 0 Å². The monoisotopic (exact) mass is 487 g/mol. The normalized spacial score (nSPS) is 18.3. The van der Waals surface area contributed by atoms with Gasteiger partial charge in [-0.3, -0.25) is 9.78 Å². The van der Waals surface area contributed by atoms with Gasteiger partial charge in [0.05, 0.1) is 25.1 Å². The number of nitrogens with two attached hydrogens (primary N) is 1. The van der Waals surface area contributed by atoms with E-state index in [4.69, 9.17) is 10.5 Å². The molecule has 5 rings (SSSR count). The Kier molecular flexibility index (Phi) is 7.39. The van der Waals surface area contributed by atoms with Crippen molar-refractivity contribution in [2.75, 3.05) is 62.0 Å². The predicted octanol–water partition coefficient (Wildman–Crippen LogP) is 2.57. The van der Waals surface area contributed by atoms with Crippen molar-refractivity contribution in [3.8, 4) is 11.3 Å². The van der Waals surface area contributed by atoms with Crippen LogP contribution in [0, 0.1) is 0 Å². The van der Waals surface area contributed by atoms with Crippen molar-refractivity contribution >= 4 is 23.0 Å². The lowest BCUT2D eigenvalue weighted by atomic mass is 10.0. The molecule has 0 radical (unpaired) electrons. The third-order valence-electron chi connectivity index (χ3n) is 7.00. The lowest BCUT2D eigenvalue weighted by Crippen LogP contribution is -2.44. The molecular weight excluding hydrogens is 454 g/mol. The molecule has 2 fully saturated rings. The number of nitrogen functional groups attached to an aromatic ring is 1. The van der Waals surface area contributed by atoms with Gasteiger partial charge in [-0.2, -0.15) is 0 Å². The summed E-state index contributed by atoms with van der Waals surface area (Å²) in [6.45, 7) is 4.96. The van der Waals surface area contributed by atoms with E-state index in [-0.39, 0.29) is 23.7 Å². The van der Waals surface area contributed by atoms with Crippen LogP contribution in [0.2, 0.25) is 0 Å². The van der Waals surface area contributed by atoms with Crippen LogP contribution in [0.15, 0.2) is 48.9 Å². The Morgan fingerprint density at radius 3 is 2.69 bits per heavy atom. The van der Waals surface area contributed by atoms with E-state index in [9.17, 15) is 4.79 Å². The summed E-state index contributed by atoms with van der Waals surface area (Å²) in [7, 11) is 2.02. The summed E-state index contributed by atoms with van der Waals surface area (Å²) in [6.07, 6.45) is 7.65. The second-order valence-electron chi connectivity index (χ2n) is 9.31. The van der Waals surface area contributed by atoms with Crippen LogP contribution >= 0.6 is 0 Å². The number of likely N-dealkylation sites (N-methyl/N-ethyl adjacent to an activating group) is 1. The molecule has 188 valence electrons. The largest absolute Gasteiger partial charge is 0.382 e. The maximum atomic E-state index is 13.3. The number of anilines is 3. The maximum Gasteiger partial charge on any atom is 0.189 e. The molecule has 9 nitrogen and oxygen atoms in total. The number of Topliss-reactive ketones (excluding diaryl/α,β-unsaturated/α-hetero) is 1. The average Bonchev–Trinajstić information content (AvgIpc) is 2.94. The summed E-state index contributed by atoms with van der Waals surface area (Å²) >= 11 is 0. The number of ketones is 1. The summed E-state index contributed by atoms with van der Waals surface area (Å²) in [5, 5.41) is 3.39. The fourth-order valence-electron chi connectivity index (χ4n) is 4.96. The highest BCUT2D eigenvalue weighted by atomic mass is 16.5. The third kappa shape index (κ3) is 5.32. The molecule has 0 spiro atoms. The number of rotatable bonds is 7. The highest BCUT2D eigenvalue weighted by molar-refractivity contribution is 6.00. The van der Waals surface area contributed by atoms with Crippen LogP contribution in [0.4, 0.5) is 17.2 Å². The first-order chi connectivity index (χ1) is 17.6. The predicted molar refractivity (Wildman–Crippen MR) is 141 cm³/mol. The minimum Gasteiger partial charge on any atom is -0.382 e. The zero-order valence-corrected chi connectivity index (χ0v) is 20.7. The van der Waals surface area contributed by atoms with Crippen molar-refractivity contribution in [2.24, 2.45) is 0 Å². The Balaban J connectivity index is 1.34. The molecule has 1 aromatic carbocycles. The maximum absolute atomic E-state index is 13.3. The number of hydrogen-bond donors (Lipinski definition) is 2. The number of ether oxygens (including phenoxy) is 1. The van der Waals surface area contributed by atoms with Crippen LogP contribution in [0.3, 0.4) is 0 Å². The quantitative estimate of drug-likeness (QED) is 0.486. The number of aromatic nitrogens is 3. The Morgan fingerprint density at radius 1 is 1.11 bits per heavy atom. The van der Waals surface area contributed by atoms with Crippen LogP contribution in [0.5, 0.6) is 0 Å². The van der Waals surface area contributed by atoms with E-state index in [0.717, 1.165) is 43.0 Å². The summed E-state index contributed by atoms with van der Waals surface area (Å²) in [6, 6.07) is 10.7. The number of carbonyl (C=O) groups is 1. The van der Waals surface area contributed by atoms with Gasteiger partial charge in [-0.05, 0) is 38.1 Å². The molecule has 4 heterocycles. The number of pyridine rings is 1. The van der Waals surface area contributed by atoms with E-state index in [1.165, 1.54) is 18.5 Å². The van der Waals surface area contributed by atoms with E-state index >= 15 is 0 Å². The number of nitrogens with zero attached hydrogens (tertiary/aromatic N) is 5. The second kappa shape index (κ2) is 11.0. The smallest absolute Gasteiger partial charge is 0.189 e. The standard InChI is InChI=1S/C27H33N7O2/c1-29-21-3-2-10-34(18-21)22-6-4-19(5-7-22)23-17-31-27(28)26(32-23)25(35)15-20-16-30-9-8-24(20)33-11-13-36-14-12-33/h4-9,16-17,21,29H,2-3,10-15,18H2,1H3,(H2,28,31)/t21-/m0/s1. The second-order valence-corrected chi connectivity index (χ2v) is 9.31. The van der Waals surface area contributed by atoms with Crippen molar-refractivity contribution in [3.05, 3.63) is 60.2 Å². The summed E-state index contributed by atoms with van der Waals surface area (Å²) in [5.41, 5.74) is 10.9.